The Morgan fingerprint density at radius 1 is 0.582 bits per heavy atom. The monoisotopic (exact) mass is 798 g/mol. The number of phosphoric acid groups is 1. The lowest BCUT2D eigenvalue weighted by molar-refractivity contribution is -0.870. The van der Waals surface area contributed by atoms with E-state index in [-0.39, 0.29) is 32.2 Å². The first-order valence-corrected chi connectivity index (χ1v) is 24.2. The number of ether oxygens (including phenoxy) is 2. The number of rotatable bonds is 42. The van der Waals surface area contributed by atoms with Crippen LogP contribution < -0.4 is 4.89 Å². The number of hydrogen-bond donors (Lipinski definition) is 0. The van der Waals surface area contributed by atoms with Crippen LogP contribution in [0.4, 0.5) is 0 Å². The standard InChI is InChI=1S/C46H88NO7P/c1-6-8-10-12-14-16-18-20-22-23-24-26-28-30-32-34-36-38-41-51-43-45(44-53-55(49,50)52-42-40-47(3,4)5)54-46(48)39-37-35-33-31-29-27-25-21-19-17-15-13-11-9-7-2/h21,25,29,31,38,41,45H,6-20,22-24,26-28,30,32-37,39-40,42-44H2,1-5H3/b25-21+,31-29+,41-38+/t45-/m1/s1. The first kappa shape index (κ1) is 53.6. The first-order valence-electron chi connectivity index (χ1n) is 22.8. The maximum Gasteiger partial charge on any atom is 0.306 e. The van der Waals surface area contributed by atoms with Crippen molar-refractivity contribution in [3.63, 3.8) is 0 Å². The number of allylic oxidation sites excluding steroid dienone is 5. The smallest absolute Gasteiger partial charge is 0.306 e. The molecule has 0 saturated heterocycles. The van der Waals surface area contributed by atoms with E-state index in [0.29, 0.717) is 17.4 Å². The SMILES string of the molecule is CCCCCCCC/C=C/C/C=C/CCCCC(=O)O[C@H](CO/C=C/CCCCCCCCCCCCCCCCCC)COP(=O)([O-])OCC[N+](C)(C)C. The fourth-order valence-electron chi connectivity index (χ4n) is 6.19. The van der Waals surface area contributed by atoms with E-state index in [9.17, 15) is 14.3 Å². The van der Waals surface area contributed by atoms with Crippen LogP contribution in [0.25, 0.3) is 0 Å². The molecule has 0 N–H and O–H groups in total. The Labute approximate surface area is 340 Å². The lowest BCUT2D eigenvalue weighted by atomic mass is 10.0. The Kier molecular flexibility index (Phi) is 38.4. The van der Waals surface area contributed by atoms with Crippen molar-refractivity contribution in [1.82, 2.24) is 0 Å². The summed E-state index contributed by atoms with van der Waals surface area (Å²) in [5.41, 5.74) is 0. The Morgan fingerprint density at radius 2 is 1.02 bits per heavy atom. The van der Waals surface area contributed by atoms with Crippen molar-refractivity contribution in [2.45, 2.75) is 206 Å². The van der Waals surface area contributed by atoms with Gasteiger partial charge in [-0.2, -0.15) is 0 Å². The molecule has 0 aromatic carbocycles. The van der Waals surface area contributed by atoms with Crippen LogP contribution >= 0.6 is 7.82 Å². The molecule has 0 fully saturated rings. The summed E-state index contributed by atoms with van der Waals surface area (Å²) in [6, 6.07) is 0. The van der Waals surface area contributed by atoms with E-state index in [1.165, 1.54) is 135 Å². The minimum absolute atomic E-state index is 0.00912. The van der Waals surface area contributed by atoms with Gasteiger partial charge in [0, 0.05) is 6.42 Å². The minimum Gasteiger partial charge on any atom is -0.756 e. The molecule has 2 atom stereocenters. The predicted molar refractivity (Wildman–Crippen MR) is 231 cm³/mol. The largest absolute Gasteiger partial charge is 0.756 e. The lowest BCUT2D eigenvalue weighted by Gasteiger charge is -2.28. The van der Waals surface area contributed by atoms with Gasteiger partial charge in [-0.3, -0.25) is 9.36 Å². The van der Waals surface area contributed by atoms with Crippen molar-refractivity contribution in [1.29, 1.82) is 0 Å². The van der Waals surface area contributed by atoms with E-state index in [1.807, 2.05) is 27.2 Å². The van der Waals surface area contributed by atoms with Crippen molar-refractivity contribution >= 4 is 13.8 Å². The highest BCUT2D eigenvalue weighted by Crippen LogP contribution is 2.38. The van der Waals surface area contributed by atoms with Crippen molar-refractivity contribution in [3.05, 3.63) is 36.6 Å². The number of hydrogen-bond acceptors (Lipinski definition) is 7. The van der Waals surface area contributed by atoms with E-state index in [1.54, 1.807) is 6.26 Å². The van der Waals surface area contributed by atoms with Crippen LogP contribution in [0.3, 0.4) is 0 Å². The highest BCUT2D eigenvalue weighted by atomic mass is 31.2. The number of nitrogens with zero attached hydrogens (tertiary/aromatic N) is 1. The van der Waals surface area contributed by atoms with Gasteiger partial charge in [0.05, 0.1) is 34.0 Å². The molecule has 0 saturated carbocycles. The maximum absolute atomic E-state index is 12.6. The van der Waals surface area contributed by atoms with Crippen LogP contribution in [-0.4, -0.2) is 64.1 Å². The van der Waals surface area contributed by atoms with Crippen molar-refractivity contribution in [2.24, 2.45) is 0 Å². The molecule has 324 valence electrons. The van der Waals surface area contributed by atoms with Crippen LogP contribution in [-0.2, 0) is 27.9 Å². The van der Waals surface area contributed by atoms with Gasteiger partial charge in [0.1, 0.15) is 19.8 Å². The van der Waals surface area contributed by atoms with Crippen molar-refractivity contribution < 1.29 is 37.3 Å². The van der Waals surface area contributed by atoms with Crippen molar-refractivity contribution in [2.75, 3.05) is 47.5 Å². The first-order chi connectivity index (χ1) is 26.6. The molecule has 55 heavy (non-hydrogen) atoms. The molecule has 8 nitrogen and oxygen atoms in total. The molecule has 0 heterocycles. The fourth-order valence-corrected chi connectivity index (χ4v) is 6.92. The average Bonchev–Trinajstić information content (AvgIpc) is 3.13. The normalized spacial score (nSPS) is 14.0. The van der Waals surface area contributed by atoms with Gasteiger partial charge in [-0.15, -0.1) is 0 Å². The van der Waals surface area contributed by atoms with E-state index in [4.69, 9.17) is 18.5 Å². The van der Waals surface area contributed by atoms with Gasteiger partial charge in [0.25, 0.3) is 7.82 Å². The van der Waals surface area contributed by atoms with Crippen LogP contribution in [0.5, 0.6) is 0 Å². The van der Waals surface area contributed by atoms with Crippen molar-refractivity contribution in [3.8, 4) is 0 Å². The second-order valence-electron chi connectivity index (χ2n) is 16.5. The highest BCUT2D eigenvalue weighted by molar-refractivity contribution is 7.45. The summed E-state index contributed by atoms with van der Waals surface area (Å²) in [5.74, 6) is -0.386. The van der Waals surface area contributed by atoms with Crippen LogP contribution in [0.15, 0.2) is 36.6 Å². The molecule has 0 rings (SSSR count). The Bertz CT molecular complexity index is 978. The summed E-state index contributed by atoms with van der Waals surface area (Å²) >= 11 is 0. The molecule has 0 aliphatic carbocycles. The number of esters is 1. The topological polar surface area (TPSA) is 94.1 Å². The number of phosphoric ester groups is 1. The summed E-state index contributed by atoms with van der Waals surface area (Å²) in [4.78, 5) is 25.0. The lowest BCUT2D eigenvalue weighted by Crippen LogP contribution is -2.37. The fraction of sp³-hybridized carbons (Fsp3) is 0.848. The Morgan fingerprint density at radius 3 is 1.49 bits per heavy atom. The second kappa shape index (κ2) is 39.4. The van der Waals surface area contributed by atoms with Gasteiger partial charge in [-0.1, -0.05) is 167 Å². The average molecular weight is 798 g/mol. The molecular weight excluding hydrogens is 709 g/mol. The molecule has 0 bridgehead atoms. The molecule has 0 aromatic heterocycles. The zero-order chi connectivity index (χ0) is 40.6. The van der Waals surface area contributed by atoms with Gasteiger partial charge in [0.15, 0.2) is 6.10 Å². The highest BCUT2D eigenvalue weighted by Gasteiger charge is 2.20. The zero-order valence-corrected chi connectivity index (χ0v) is 37.5. The third-order valence-electron chi connectivity index (χ3n) is 9.76. The molecule has 0 aliphatic rings. The third kappa shape index (κ3) is 43.5. The molecule has 0 aromatic rings. The Balaban J connectivity index is 4.30. The number of carbonyl (C=O) groups excluding carboxylic acids is 1. The summed E-state index contributed by atoms with van der Waals surface area (Å²) in [5, 5.41) is 0. The van der Waals surface area contributed by atoms with Crippen LogP contribution in [0, 0.1) is 0 Å². The number of carbonyl (C=O) groups is 1. The number of quaternary nitrogens is 1. The molecular formula is C46H88NO7P. The molecule has 0 aliphatic heterocycles. The Hall–Kier alpha value is -1.44. The summed E-state index contributed by atoms with van der Waals surface area (Å²) in [7, 11) is 1.31. The number of likely N-dealkylation sites (N-methyl/N-ethyl adjacent to an activating group) is 1. The summed E-state index contributed by atoms with van der Waals surface area (Å²) < 4.78 is 34.3. The molecule has 1 unspecified atom stereocenters. The second-order valence-corrected chi connectivity index (χ2v) is 17.9. The third-order valence-corrected chi connectivity index (χ3v) is 10.7. The van der Waals surface area contributed by atoms with Crippen LogP contribution in [0.1, 0.15) is 200 Å². The van der Waals surface area contributed by atoms with Crippen LogP contribution in [0.2, 0.25) is 0 Å². The van der Waals surface area contributed by atoms with E-state index >= 15 is 0 Å². The van der Waals surface area contributed by atoms with E-state index < -0.39 is 13.9 Å². The maximum atomic E-state index is 12.6. The zero-order valence-electron chi connectivity index (χ0n) is 36.6. The molecule has 9 heteroatoms. The summed E-state index contributed by atoms with van der Waals surface area (Å²) in [6.45, 7) is 4.71. The minimum atomic E-state index is -4.55. The molecule has 0 radical (unpaired) electrons. The van der Waals surface area contributed by atoms with Gasteiger partial charge in [0.2, 0.25) is 0 Å². The predicted octanol–water partition coefficient (Wildman–Crippen LogP) is 13.1. The molecule has 0 amide bonds. The van der Waals surface area contributed by atoms with Gasteiger partial charge in [-0.05, 0) is 57.4 Å². The molecule has 0 spiro atoms. The van der Waals surface area contributed by atoms with Gasteiger partial charge in [-0.25, -0.2) is 0 Å². The van der Waals surface area contributed by atoms with E-state index in [0.717, 1.165) is 38.5 Å². The number of unbranched alkanes of at least 4 members (excludes halogenated alkanes) is 24. The summed E-state index contributed by atoms with van der Waals surface area (Å²) in [6.07, 6.45) is 46.9. The van der Waals surface area contributed by atoms with Gasteiger partial charge >= 0.3 is 5.97 Å². The quantitative estimate of drug-likeness (QED) is 0.0152. The van der Waals surface area contributed by atoms with E-state index in [2.05, 4.69) is 38.2 Å². The van der Waals surface area contributed by atoms with Gasteiger partial charge < -0.3 is 27.9 Å².